The summed E-state index contributed by atoms with van der Waals surface area (Å²) in [6.07, 6.45) is 0.830. The highest BCUT2D eigenvalue weighted by atomic mass is 32.2. The van der Waals surface area contributed by atoms with Crippen LogP contribution < -0.4 is 4.72 Å². The monoisotopic (exact) mass is 343 g/mol. The molecule has 3 aromatic heterocycles. The molecule has 3 aromatic rings. The van der Waals surface area contributed by atoms with Gasteiger partial charge in [0.1, 0.15) is 9.22 Å². The summed E-state index contributed by atoms with van der Waals surface area (Å²) >= 11 is 2.61. The van der Waals surface area contributed by atoms with Crippen molar-refractivity contribution in [1.29, 1.82) is 0 Å². The minimum atomic E-state index is -3.49. The molecular weight excluding hydrogens is 330 g/mol. The second-order valence-electron chi connectivity index (χ2n) is 4.34. The van der Waals surface area contributed by atoms with E-state index in [2.05, 4.69) is 20.0 Å². The van der Waals surface area contributed by atoms with Crippen molar-refractivity contribution in [3.63, 3.8) is 0 Å². The zero-order valence-corrected chi connectivity index (χ0v) is 13.8. The van der Waals surface area contributed by atoms with E-state index >= 15 is 0 Å². The van der Waals surface area contributed by atoms with Crippen LogP contribution in [0, 0.1) is 6.92 Å². The van der Waals surface area contributed by atoms with Gasteiger partial charge in [-0.1, -0.05) is 18.3 Å². The minimum Gasteiger partial charge on any atom is -0.206 e. The Hall–Kier alpha value is -1.36. The van der Waals surface area contributed by atoms with E-state index in [0.29, 0.717) is 20.0 Å². The lowest BCUT2D eigenvalue weighted by Crippen LogP contribution is -2.22. The van der Waals surface area contributed by atoms with Crippen LogP contribution in [0.2, 0.25) is 0 Å². The maximum atomic E-state index is 12.2. The molecule has 0 radical (unpaired) electrons. The molecule has 0 saturated carbocycles. The van der Waals surface area contributed by atoms with E-state index < -0.39 is 10.0 Å². The van der Waals surface area contributed by atoms with E-state index in [1.54, 1.807) is 17.5 Å². The summed E-state index contributed by atoms with van der Waals surface area (Å²) in [5.41, 5.74) is 0. The molecule has 10 heteroatoms. The highest BCUT2D eigenvalue weighted by Gasteiger charge is 2.18. The molecule has 0 atom stereocenters. The molecule has 0 fully saturated rings. The molecule has 112 valence electrons. The van der Waals surface area contributed by atoms with Crippen molar-refractivity contribution in [2.75, 3.05) is 0 Å². The van der Waals surface area contributed by atoms with Crippen LogP contribution in [0.25, 0.3) is 4.96 Å². The predicted octanol–water partition coefficient (Wildman–Crippen LogP) is 1.60. The average Bonchev–Trinajstić information content (AvgIpc) is 3.14. The third kappa shape index (κ3) is 2.84. The number of nitrogens with one attached hydrogen (secondary N) is 1. The fourth-order valence-electron chi connectivity index (χ4n) is 1.75. The second-order valence-corrected chi connectivity index (χ2v) is 8.54. The number of hydrogen-bond acceptors (Lipinski definition) is 7. The number of nitrogens with zero attached hydrogens (tertiary/aromatic N) is 4. The van der Waals surface area contributed by atoms with E-state index in [4.69, 9.17) is 0 Å². The molecule has 0 aromatic carbocycles. The molecule has 1 N–H and O–H groups in total. The minimum absolute atomic E-state index is 0.148. The summed E-state index contributed by atoms with van der Waals surface area (Å²) in [7, 11) is -3.49. The first kappa shape index (κ1) is 14.6. The Morgan fingerprint density at radius 3 is 2.76 bits per heavy atom. The van der Waals surface area contributed by atoms with Crippen molar-refractivity contribution in [2.24, 2.45) is 0 Å². The number of aromatic nitrogens is 4. The lowest BCUT2D eigenvalue weighted by molar-refractivity contribution is 0.582. The Morgan fingerprint density at radius 1 is 1.29 bits per heavy atom. The molecule has 0 aliphatic rings. The normalized spacial score (nSPS) is 12.3. The van der Waals surface area contributed by atoms with Gasteiger partial charge in [-0.15, -0.1) is 21.5 Å². The molecule has 7 nitrogen and oxygen atoms in total. The van der Waals surface area contributed by atoms with Crippen molar-refractivity contribution in [1.82, 2.24) is 24.5 Å². The molecule has 0 spiro atoms. The topological polar surface area (TPSA) is 89.2 Å². The van der Waals surface area contributed by atoms with Crippen LogP contribution in [0.4, 0.5) is 0 Å². The van der Waals surface area contributed by atoms with Gasteiger partial charge in [-0.25, -0.2) is 13.1 Å². The molecule has 0 saturated heterocycles. The number of rotatable bonds is 5. The van der Waals surface area contributed by atoms with Gasteiger partial charge in [-0.05, 0) is 25.5 Å². The number of fused-ring (bicyclic) bond motifs is 1. The SMILES string of the molecule is CCc1ccc(S(=O)(=O)NCc2nn3c(C)nnc3s2)s1. The number of sulfonamides is 1. The maximum Gasteiger partial charge on any atom is 0.250 e. The Morgan fingerprint density at radius 2 is 2.10 bits per heavy atom. The summed E-state index contributed by atoms with van der Waals surface area (Å²) in [5.74, 6) is 0.682. The van der Waals surface area contributed by atoms with Gasteiger partial charge in [0.25, 0.3) is 0 Å². The Bertz CT molecular complexity index is 877. The number of thiophene rings is 1. The van der Waals surface area contributed by atoms with Crippen molar-refractivity contribution >= 4 is 37.7 Å². The van der Waals surface area contributed by atoms with Crippen LogP contribution in [-0.4, -0.2) is 28.2 Å². The lowest BCUT2D eigenvalue weighted by Gasteiger charge is -2.01. The molecule has 3 rings (SSSR count). The first-order valence-electron chi connectivity index (χ1n) is 6.25. The van der Waals surface area contributed by atoms with Crippen LogP contribution in [0.3, 0.4) is 0 Å². The summed E-state index contributed by atoms with van der Waals surface area (Å²) in [6.45, 7) is 3.94. The third-order valence-electron chi connectivity index (χ3n) is 2.85. The predicted molar refractivity (Wildman–Crippen MR) is 81.1 cm³/mol. The van der Waals surface area contributed by atoms with Gasteiger partial charge in [0, 0.05) is 4.88 Å². The smallest absolute Gasteiger partial charge is 0.206 e. The zero-order valence-electron chi connectivity index (χ0n) is 11.4. The van der Waals surface area contributed by atoms with Crippen LogP contribution in [0.5, 0.6) is 0 Å². The van der Waals surface area contributed by atoms with Crippen molar-refractivity contribution in [3.05, 3.63) is 27.8 Å². The van der Waals surface area contributed by atoms with E-state index in [1.165, 1.54) is 22.7 Å². The molecule has 0 aliphatic carbocycles. The highest BCUT2D eigenvalue weighted by molar-refractivity contribution is 7.91. The van der Waals surface area contributed by atoms with Gasteiger partial charge in [-0.3, -0.25) is 0 Å². The van der Waals surface area contributed by atoms with E-state index in [-0.39, 0.29) is 6.54 Å². The van der Waals surface area contributed by atoms with Gasteiger partial charge in [0.2, 0.25) is 15.0 Å². The van der Waals surface area contributed by atoms with Crippen molar-refractivity contribution < 1.29 is 8.42 Å². The molecule has 0 bridgehead atoms. The van der Waals surface area contributed by atoms with Gasteiger partial charge in [0.05, 0.1) is 6.54 Å². The van der Waals surface area contributed by atoms with Crippen LogP contribution in [0.1, 0.15) is 22.6 Å². The van der Waals surface area contributed by atoms with Crippen molar-refractivity contribution in [2.45, 2.75) is 31.0 Å². The summed E-state index contributed by atoms with van der Waals surface area (Å²) in [5, 5.41) is 12.8. The van der Waals surface area contributed by atoms with Gasteiger partial charge < -0.3 is 0 Å². The maximum absolute atomic E-state index is 12.2. The molecule has 3 heterocycles. The Balaban J connectivity index is 1.76. The zero-order chi connectivity index (χ0) is 15.0. The fraction of sp³-hybridized carbons (Fsp3) is 0.364. The van der Waals surface area contributed by atoms with Gasteiger partial charge >= 0.3 is 0 Å². The van der Waals surface area contributed by atoms with E-state index in [9.17, 15) is 8.42 Å². The summed E-state index contributed by atoms with van der Waals surface area (Å²) in [4.78, 5) is 1.70. The quantitative estimate of drug-likeness (QED) is 0.760. The largest absolute Gasteiger partial charge is 0.250 e. The molecule has 0 unspecified atom stereocenters. The lowest BCUT2D eigenvalue weighted by atomic mass is 10.4. The Labute approximate surface area is 129 Å². The van der Waals surface area contributed by atoms with Gasteiger partial charge in [-0.2, -0.15) is 9.61 Å². The molecule has 0 aliphatic heterocycles. The summed E-state index contributed by atoms with van der Waals surface area (Å²) in [6, 6.07) is 3.47. The van der Waals surface area contributed by atoms with Gasteiger partial charge in [0.15, 0.2) is 5.82 Å². The first-order chi connectivity index (χ1) is 9.99. The third-order valence-corrected chi connectivity index (χ3v) is 6.87. The summed E-state index contributed by atoms with van der Waals surface area (Å²) < 4.78 is 28.9. The van der Waals surface area contributed by atoms with Crippen molar-refractivity contribution in [3.8, 4) is 0 Å². The average molecular weight is 343 g/mol. The number of aryl methyl sites for hydroxylation is 2. The molecule has 21 heavy (non-hydrogen) atoms. The second kappa shape index (κ2) is 5.44. The fourth-order valence-corrected chi connectivity index (χ4v) is 4.98. The van der Waals surface area contributed by atoms with E-state index in [0.717, 1.165) is 11.3 Å². The van der Waals surface area contributed by atoms with E-state index in [1.807, 2.05) is 13.0 Å². The first-order valence-corrected chi connectivity index (χ1v) is 9.37. The molecule has 0 amide bonds. The molecular formula is C11H13N5O2S3. The standard InChI is InChI=1S/C11H13N5O2S3/c1-3-8-4-5-10(19-8)21(17,18)12-6-9-15-16-7(2)13-14-11(16)20-9/h4-5,12H,3,6H2,1-2H3. The van der Waals surface area contributed by atoms with Crippen LogP contribution in [-0.2, 0) is 23.0 Å². The highest BCUT2D eigenvalue weighted by Crippen LogP contribution is 2.22. The number of hydrogen-bond donors (Lipinski definition) is 1. The Kier molecular flexibility index (Phi) is 3.78. The van der Waals surface area contributed by atoms with Crippen LogP contribution >= 0.6 is 22.7 Å². The van der Waals surface area contributed by atoms with Crippen LogP contribution in [0.15, 0.2) is 16.3 Å².